The zero-order valence-electron chi connectivity index (χ0n) is 15.4. The Bertz CT molecular complexity index is 1030. The highest BCUT2D eigenvalue weighted by atomic mass is 32.2. The number of sulfonamides is 1. The monoisotopic (exact) mass is 397 g/mol. The molecule has 0 bridgehead atoms. The Morgan fingerprint density at radius 2 is 1.69 bits per heavy atom. The van der Waals surface area contributed by atoms with E-state index in [1.165, 1.54) is 19.2 Å². The van der Waals surface area contributed by atoms with Crippen molar-refractivity contribution >= 4 is 25.5 Å². The number of ether oxygens (including phenoxy) is 1. The first-order valence-electron chi connectivity index (χ1n) is 7.98. The first-order valence-corrected chi connectivity index (χ1v) is 11.3. The van der Waals surface area contributed by atoms with E-state index < -0.39 is 19.9 Å². The number of benzene rings is 2. The average molecular weight is 398 g/mol. The highest BCUT2D eigenvalue weighted by Gasteiger charge is 2.24. The van der Waals surface area contributed by atoms with E-state index in [9.17, 15) is 16.8 Å². The van der Waals surface area contributed by atoms with Crippen molar-refractivity contribution in [2.45, 2.75) is 36.5 Å². The largest absolute Gasteiger partial charge is 0.495 e. The highest BCUT2D eigenvalue weighted by Crippen LogP contribution is 2.32. The Labute approximate surface area is 155 Å². The minimum absolute atomic E-state index is 0.0737. The number of hydrogen-bond donors (Lipinski definition) is 1. The van der Waals surface area contributed by atoms with Crippen LogP contribution in [0.1, 0.15) is 30.9 Å². The van der Waals surface area contributed by atoms with E-state index in [0.717, 1.165) is 23.4 Å². The third kappa shape index (κ3) is 4.19. The Morgan fingerprint density at radius 1 is 1.04 bits per heavy atom. The van der Waals surface area contributed by atoms with Crippen LogP contribution in [-0.2, 0) is 19.9 Å². The molecule has 0 unspecified atom stereocenters. The lowest BCUT2D eigenvalue weighted by Crippen LogP contribution is -2.17. The van der Waals surface area contributed by atoms with Crippen LogP contribution in [0.5, 0.6) is 5.75 Å². The highest BCUT2D eigenvalue weighted by molar-refractivity contribution is 7.93. The second-order valence-corrected chi connectivity index (χ2v) is 10.1. The molecule has 142 valence electrons. The minimum atomic E-state index is -4.06. The van der Waals surface area contributed by atoms with Crippen LogP contribution in [0.3, 0.4) is 0 Å². The Balaban J connectivity index is 2.63. The van der Waals surface area contributed by atoms with Crippen LogP contribution in [0.15, 0.2) is 46.2 Å². The molecule has 0 spiro atoms. The third-order valence-corrected chi connectivity index (χ3v) is 6.50. The number of sulfone groups is 1. The Hall–Kier alpha value is -2.06. The summed E-state index contributed by atoms with van der Waals surface area (Å²) in [6.07, 6.45) is 1.02. The molecule has 0 atom stereocenters. The van der Waals surface area contributed by atoms with E-state index >= 15 is 0 Å². The molecule has 0 aliphatic heterocycles. The van der Waals surface area contributed by atoms with Gasteiger partial charge in [0.25, 0.3) is 10.0 Å². The molecular formula is C18H23NO5S2. The van der Waals surface area contributed by atoms with Gasteiger partial charge in [0.1, 0.15) is 10.6 Å². The van der Waals surface area contributed by atoms with E-state index in [0.29, 0.717) is 5.69 Å². The van der Waals surface area contributed by atoms with Gasteiger partial charge >= 0.3 is 0 Å². The second-order valence-electron chi connectivity index (χ2n) is 6.38. The maximum Gasteiger partial charge on any atom is 0.265 e. The van der Waals surface area contributed by atoms with Crippen molar-refractivity contribution in [2.24, 2.45) is 0 Å². The van der Waals surface area contributed by atoms with Crippen LogP contribution in [0.2, 0.25) is 0 Å². The van der Waals surface area contributed by atoms with Gasteiger partial charge in [0.2, 0.25) is 0 Å². The molecule has 0 heterocycles. The fourth-order valence-electron chi connectivity index (χ4n) is 2.60. The van der Waals surface area contributed by atoms with E-state index in [1.807, 2.05) is 39.0 Å². The number of hydrogen-bond acceptors (Lipinski definition) is 5. The van der Waals surface area contributed by atoms with Crippen LogP contribution in [0, 0.1) is 6.92 Å². The molecule has 26 heavy (non-hydrogen) atoms. The van der Waals surface area contributed by atoms with Gasteiger partial charge in [0.15, 0.2) is 9.84 Å². The fraction of sp³-hybridized carbons (Fsp3) is 0.333. The molecule has 1 N–H and O–H groups in total. The normalized spacial score (nSPS) is 12.2. The number of methoxy groups -OCH3 is 1. The summed E-state index contributed by atoms with van der Waals surface area (Å²) in [5.74, 6) is 0.182. The first kappa shape index (κ1) is 20.3. The molecule has 0 aromatic heterocycles. The van der Waals surface area contributed by atoms with Crippen molar-refractivity contribution in [3.8, 4) is 5.75 Å². The summed E-state index contributed by atoms with van der Waals surface area (Å²) in [6, 6.07) is 9.32. The van der Waals surface area contributed by atoms with Crippen molar-refractivity contribution in [1.29, 1.82) is 0 Å². The Kier molecular flexibility index (Phi) is 5.67. The smallest absolute Gasteiger partial charge is 0.265 e. The van der Waals surface area contributed by atoms with E-state index in [4.69, 9.17) is 4.74 Å². The SMILES string of the molecule is COc1ccc(S(C)(=O)=O)cc1S(=O)(=O)Nc1c(C)cccc1C(C)C. The zero-order valence-corrected chi connectivity index (χ0v) is 17.0. The molecule has 0 fully saturated rings. The number of nitrogens with one attached hydrogen (secondary N) is 1. The summed E-state index contributed by atoms with van der Waals surface area (Å²) < 4.78 is 57.4. The van der Waals surface area contributed by atoms with Gasteiger partial charge in [-0.05, 0) is 42.2 Å². The van der Waals surface area contributed by atoms with Crippen molar-refractivity contribution < 1.29 is 21.6 Å². The number of para-hydroxylation sites is 1. The fourth-order valence-corrected chi connectivity index (χ4v) is 4.68. The molecule has 0 aliphatic rings. The Morgan fingerprint density at radius 3 is 2.23 bits per heavy atom. The van der Waals surface area contributed by atoms with Gasteiger partial charge in [-0.25, -0.2) is 16.8 Å². The van der Waals surface area contributed by atoms with Crippen LogP contribution in [0.25, 0.3) is 0 Å². The van der Waals surface area contributed by atoms with Gasteiger partial charge in [-0.3, -0.25) is 4.72 Å². The summed E-state index contributed by atoms with van der Waals surface area (Å²) in [7, 11) is -6.28. The van der Waals surface area contributed by atoms with Crippen LogP contribution < -0.4 is 9.46 Å². The minimum Gasteiger partial charge on any atom is -0.495 e. The number of anilines is 1. The third-order valence-electron chi connectivity index (χ3n) is 4.02. The summed E-state index contributed by atoms with van der Waals surface area (Å²) in [4.78, 5) is -0.312. The van der Waals surface area contributed by atoms with Crippen molar-refractivity contribution in [3.63, 3.8) is 0 Å². The lowest BCUT2D eigenvalue weighted by Gasteiger charge is -2.18. The van der Waals surface area contributed by atoms with E-state index in [1.54, 1.807) is 0 Å². The second kappa shape index (κ2) is 7.28. The van der Waals surface area contributed by atoms with Gasteiger partial charge in [-0.1, -0.05) is 32.0 Å². The average Bonchev–Trinajstić information content (AvgIpc) is 2.54. The van der Waals surface area contributed by atoms with Crippen molar-refractivity contribution in [3.05, 3.63) is 47.5 Å². The predicted molar refractivity (Wildman–Crippen MR) is 102 cm³/mol. The van der Waals surface area contributed by atoms with Crippen LogP contribution in [0.4, 0.5) is 5.69 Å². The lowest BCUT2D eigenvalue weighted by atomic mass is 9.99. The molecule has 0 aliphatic carbocycles. The molecule has 2 aromatic rings. The van der Waals surface area contributed by atoms with Crippen molar-refractivity contribution in [1.82, 2.24) is 0 Å². The summed E-state index contributed by atoms with van der Waals surface area (Å²) in [5.41, 5.74) is 2.12. The van der Waals surface area contributed by atoms with Gasteiger partial charge in [0, 0.05) is 6.26 Å². The quantitative estimate of drug-likeness (QED) is 0.807. The van der Waals surface area contributed by atoms with Gasteiger partial charge in [-0.2, -0.15) is 0 Å². The zero-order chi connectivity index (χ0) is 19.7. The molecular weight excluding hydrogens is 374 g/mol. The maximum atomic E-state index is 13.0. The predicted octanol–water partition coefficient (Wildman–Crippen LogP) is 3.33. The molecule has 0 amide bonds. The van der Waals surface area contributed by atoms with Crippen LogP contribution in [-0.4, -0.2) is 30.2 Å². The maximum absolute atomic E-state index is 13.0. The molecule has 8 heteroatoms. The molecule has 0 saturated carbocycles. The standard InChI is InChI=1S/C18H23NO5S2/c1-12(2)15-8-6-7-13(3)18(15)19-26(22,23)17-11-14(25(5,20)21)9-10-16(17)24-4/h6-12,19H,1-5H3. The molecule has 6 nitrogen and oxygen atoms in total. The lowest BCUT2D eigenvalue weighted by molar-refractivity contribution is 0.402. The van der Waals surface area contributed by atoms with Crippen molar-refractivity contribution in [2.75, 3.05) is 18.1 Å². The van der Waals surface area contributed by atoms with Gasteiger partial charge in [-0.15, -0.1) is 0 Å². The summed E-state index contributed by atoms with van der Waals surface area (Å²) in [5, 5.41) is 0. The molecule has 2 rings (SSSR count). The van der Waals surface area contributed by atoms with E-state index in [-0.39, 0.29) is 21.5 Å². The first-order chi connectivity index (χ1) is 12.0. The topological polar surface area (TPSA) is 89.5 Å². The summed E-state index contributed by atoms with van der Waals surface area (Å²) in [6.45, 7) is 5.75. The molecule has 2 aromatic carbocycles. The van der Waals surface area contributed by atoms with E-state index in [2.05, 4.69) is 4.72 Å². The van der Waals surface area contributed by atoms with Gasteiger partial charge in [0.05, 0.1) is 17.7 Å². The molecule has 0 saturated heterocycles. The summed E-state index contributed by atoms with van der Waals surface area (Å²) >= 11 is 0. The number of rotatable bonds is 6. The number of aryl methyl sites for hydroxylation is 1. The van der Waals surface area contributed by atoms with Crippen LogP contribution >= 0.6 is 0 Å². The molecule has 0 radical (unpaired) electrons. The van der Waals surface area contributed by atoms with Gasteiger partial charge < -0.3 is 4.74 Å².